The number of ketones is 1. The van der Waals surface area contributed by atoms with Gasteiger partial charge in [0.05, 0.1) is 0 Å². The van der Waals surface area contributed by atoms with E-state index in [0.29, 0.717) is 12.0 Å². The first-order chi connectivity index (χ1) is 12.2. The van der Waals surface area contributed by atoms with E-state index in [1.54, 1.807) is 0 Å². The molecule has 144 valence electrons. The third kappa shape index (κ3) is 3.90. The number of ether oxygens (including phenoxy) is 1. The molecule has 3 aliphatic rings. The predicted octanol–water partition coefficient (Wildman–Crippen LogP) is 3.14. The molecule has 1 amide bonds. The van der Waals surface area contributed by atoms with Crippen molar-refractivity contribution in [2.75, 3.05) is 6.54 Å². The highest BCUT2D eigenvalue weighted by molar-refractivity contribution is 6.83. The minimum atomic E-state index is -0.916. The largest absolute Gasteiger partial charge is 0.444 e. The third-order valence-electron chi connectivity index (χ3n) is 5.46. The van der Waals surface area contributed by atoms with Gasteiger partial charge in [-0.25, -0.2) is 4.79 Å². The maximum atomic E-state index is 12.5. The van der Waals surface area contributed by atoms with Crippen LogP contribution in [0.4, 0.5) is 4.79 Å². The van der Waals surface area contributed by atoms with E-state index in [-0.39, 0.29) is 18.0 Å². The fourth-order valence-corrected chi connectivity index (χ4v) is 4.65. The summed E-state index contributed by atoms with van der Waals surface area (Å²) in [4.78, 5) is 38.4. The summed E-state index contributed by atoms with van der Waals surface area (Å²) < 4.78 is 5.34. The molecule has 0 aromatic heterocycles. The van der Waals surface area contributed by atoms with Gasteiger partial charge in [-0.2, -0.15) is 0 Å². The van der Waals surface area contributed by atoms with Crippen LogP contribution < -0.4 is 5.32 Å². The Morgan fingerprint density at radius 1 is 1.15 bits per heavy atom. The maximum Gasteiger partial charge on any atom is 0.407 e. The molecule has 0 aromatic rings. The molecule has 3 atom stereocenters. The van der Waals surface area contributed by atoms with Crippen LogP contribution in [0.25, 0.3) is 0 Å². The van der Waals surface area contributed by atoms with Crippen molar-refractivity contribution in [3.05, 3.63) is 11.3 Å². The zero-order valence-electron chi connectivity index (χ0n) is 15.6. The van der Waals surface area contributed by atoms with E-state index in [1.165, 1.54) is 0 Å². The van der Waals surface area contributed by atoms with Crippen LogP contribution in [0.2, 0.25) is 0 Å². The summed E-state index contributed by atoms with van der Waals surface area (Å²) in [7, 11) is 0. The van der Waals surface area contributed by atoms with E-state index in [0.717, 1.165) is 44.3 Å². The predicted molar refractivity (Wildman–Crippen MR) is 97.7 cm³/mol. The molecule has 26 heavy (non-hydrogen) atoms. The molecule has 0 bridgehead atoms. The molecule has 0 spiro atoms. The fourth-order valence-electron chi connectivity index (χ4n) is 4.55. The Balaban J connectivity index is 1.80. The average molecular weight is 383 g/mol. The molecule has 2 heterocycles. The van der Waals surface area contributed by atoms with Gasteiger partial charge in [0.25, 0.3) is 5.24 Å². The topological polar surface area (TPSA) is 75.7 Å². The van der Waals surface area contributed by atoms with E-state index >= 15 is 0 Å². The zero-order valence-corrected chi connectivity index (χ0v) is 16.4. The summed E-state index contributed by atoms with van der Waals surface area (Å²) in [6.07, 6.45) is 5.04. The van der Waals surface area contributed by atoms with Gasteiger partial charge in [0.2, 0.25) is 5.78 Å². The standard InChI is InChI=1S/C19H27ClN2O4/c1-19(2,3)26-18(25)21-11-8-9-22-13-7-5-4-6-12(13)15(14(22)10-11)16(23)17(20)24/h11-13H,4-10H2,1-3H3,(H,21,25). The van der Waals surface area contributed by atoms with Gasteiger partial charge >= 0.3 is 6.09 Å². The normalized spacial score (nSPS) is 28.3. The van der Waals surface area contributed by atoms with Crippen molar-refractivity contribution >= 4 is 28.7 Å². The molecule has 1 aliphatic carbocycles. The van der Waals surface area contributed by atoms with Crippen LogP contribution in [0, 0.1) is 5.92 Å². The van der Waals surface area contributed by atoms with E-state index in [9.17, 15) is 14.4 Å². The molecule has 1 N–H and O–H groups in total. The number of fused-ring (bicyclic) bond motifs is 3. The number of alkyl carbamates (subject to hydrolysis) is 1. The number of hydrogen-bond donors (Lipinski definition) is 1. The Bertz CT molecular complexity index is 652. The second-order valence-electron chi connectivity index (χ2n) is 8.45. The highest BCUT2D eigenvalue weighted by Gasteiger charge is 2.47. The molecule has 6 nitrogen and oxygen atoms in total. The molecule has 1 saturated carbocycles. The van der Waals surface area contributed by atoms with Crippen LogP contribution >= 0.6 is 11.6 Å². The van der Waals surface area contributed by atoms with Crippen LogP contribution in [0.3, 0.4) is 0 Å². The maximum absolute atomic E-state index is 12.5. The number of Topliss-reactive ketones (excluding diaryl/α,β-unsaturated/α-hetero) is 1. The van der Waals surface area contributed by atoms with Crippen molar-refractivity contribution in [3.8, 4) is 0 Å². The zero-order chi connectivity index (χ0) is 19.1. The molecule has 0 aromatic carbocycles. The first-order valence-electron chi connectivity index (χ1n) is 9.40. The van der Waals surface area contributed by atoms with Crippen LogP contribution in [0.15, 0.2) is 11.3 Å². The van der Waals surface area contributed by atoms with Gasteiger partial charge in [-0.3, -0.25) is 9.59 Å². The van der Waals surface area contributed by atoms with Gasteiger partial charge in [-0.1, -0.05) is 12.8 Å². The highest BCUT2D eigenvalue weighted by Crippen LogP contribution is 2.46. The molecule has 7 heteroatoms. The number of hydrogen-bond acceptors (Lipinski definition) is 5. The monoisotopic (exact) mass is 382 g/mol. The number of carbonyl (C=O) groups excluding carboxylic acids is 3. The van der Waals surface area contributed by atoms with Gasteiger partial charge in [-0.05, 0) is 51.6 Å². The summed E-state index contributed by atoms with van der Waals surface area (Å²) in [5.74, 6) is -0.479. The minimum Gasteiger partial charge on any atom is -0.444 e. The lowest BCUT2D eigenvalue weighted by Gasteiger charge is -2.39. The van der Waals surface area contributed by atoms with Crippen molar-refractivity contribution in [2.45, 2.75) is 77.0 Å². The molecular weight excluding hydrogens is 356 g/mol. The van der Waals surface area contributed by atoms with Gasteiger partial charge in [0.15, 0.2) is 0 Å². The van der Waals surface area contributed by atoms with Crippen molar-refractivity contribution in [3.63, 3.8) is 0 Å². The fraction of sp³-hybridized carbons (Fsp3) is 0.737. The van der Waals surface area contributed by atoms with Crippen LogP contribution in [-0.4, -0.2) is 46.2 Å². The molecule has 1 saturated heterocycles. The van der Waals surface area contributed by atoms with Crippen LogP contribution in [0.5, 0.6) is 0 Å². The second kappa shape index (κ2) is 7.22. The number of carbonyl (C=O) groups is 3. The Morgan fingerprint density at radius 2 is 1.85 bits per heavy atom. The van der Waals surface area contributed by atoms with Gasteiger partial charge in [0.1, 0.15) is 5.60 Å². The molecule has 3 rings (SSSR count). The number of rotatable bonds is 3. The van der Waals surface area contributed by atoms with Crippen molar-refractivity contribution in [2.24, 2.45) is 5.92 Å². The smallest absolute Gasteiger partial charge is 0.407 e. The summed E-state index contributed by atoms with van der Waals surface area (Å²) in [5.41, 5.74) is 0.928. The van der Waals surface area contributed by atoms with Gasteiger partial charge in [0, 0.05) is 42.2 Å². The number of nitrogens with zero attached hydrogens (tertiary/aromatic N) is 1. The average Bonchev–Trinajstić information content (AvgIpc) is 2.85. The quantitative estimate of drug-likeness (QED) is 0.599. The summed E-state index contributed by atoms with van der Waals surface area (Å²) >= 11 is 5.53. The molecule has 2 aliphatic heterocycles. The number of nitrogens with one attached hydrogen (secondary N) is 1. The molecular formula is C19H27ClN2O4. The minimum absolute atomic E-state index is 0.0919. The van der Waals surface area contributed by atoms with Crippen LogP contribution in [0.1, 0.15) is 59.3 Å². The lowest BCUT2D eigenvalue weighted by molar-refractivity contribution is -0.130. The third-order valence-corrected chi connectivity index (χ3v) is 5.63. The number of piperidine rings is 1. The second-order valence-corrected chi connectivity index (χ2v) is 8.79. The molecule has 0 radical (unpaired) electrons. The number of amides is 1. The Hall–Kier alpha value is -1.56. The van der Waals surface area contributed by atoms with E-state index in [1.807, 2.05) is 20.8 Å². The van der Waals surface area contributed by atoms with Crippen molar-refractivity contribution < 1.29 is 19.1 Å². The van der Waals surface area contributed by atoms with Gasteiger partial charge < -0.3 is 15.0 Å². The molecule has 2 fully saturated rings. The SMILES string of the molecule is CC(C)(C)OC(=O)NC1CCN2C(=C(C(=O)C(=O)Cl)C3CCCCC32)C1. The van der Waals surface area contributed by atoms with Crippen LogP contribution in [-0.2, 0) is 14.3 Å². The number of halogens is 1. The first kappa shape index (κ1) is 19.2. The lowest BCUT2D eigenvalue weighted by atomic mass is 9.80. The van der Waals surface area contributed by atoms with Crippen molar-refractivity contribution in [1.29, 1.82) is 0 Å². The lowest BCUT2D eigenvalue weighted by Crippen LogP contribution is -2.47. The van der Waals surface area contributed by atoms with Gasteiger partial charge in [-0.15, -0.1) is 0 Å². The van der Waals surface area contributed by atoms with E-state index in [4.69, 9.17) is 16.3 Å². The molecule has 3 unspecified atom stereocenters. The van der Waals surface area contributed by atoms with Crippen molar-refractivity contribution in [1.82, 2.24) is 10.2 Å². The Morgan fingerprint density at radius 3 is 2.50 bits per heavy atom. The summed E-state index contributed by atoms with van der Waals surface area (Å²) in [6.45, 7) is 6.23. The Kier molecular flexibility index (Phi) is 5.33. The van der Waals surface area contributed by atoms with E-state index in [2.05, 4.69) is 10.2 Å². The highest BCUT2D eigenvalue weighted by atomic mass is 35.5. The first-order valence-corrected chi connectivity index (χ1v) is 9.78. The Labute approximate surface area is 159 Å². The van der Waals surface area contributed by atoms with E-state index < -0.39 is 22.7 Å². The summed E-state index contributed by atoms with van der Waals surface area (Å²) in [6, 6.07) is 0.181. The summed E-state index contributed by atoms with van der Waals surface area (Å²) in [5, 5.41) is 1.99.